The fourth-order valence-corrected chi connectivity index (χ4v) is 2.12. The number of methoxy groups -OCH3 is 1. The molecule has 2 aromatic rings. The van der Waals surface area contributed by atoms with Crippen LogP contribution in [-0.2, 0) is 6.61 Å². The van der Waals surface area contributed by atoms with E-state index in [0.717, 1.165) is 16.9 Å². The number of rotatable bonds is 5. The number of aliphatic hydroxyl groups is 1. The molecule has 4 heteroatoms. The van der Waals surface area contributed by atoms with Crippen LogP contribution in [0.2, 0.25) is 5.02 Å². The Kier molecular flexibility index (Phi) is 4.88. The van der Waals surface area contributed by atoms with Gasteiger partial charge < -0.3 is 14.6 Å². The molecule has 1 unspecified atom stereocenters. The summed E-state index contributed by atoms with van der Waals surface area (Å²) >= 11 is 6.15. The van der Waals surface area contributed by atoms with Gasteiger partial charge in [0.25, 0.3) is 0 Å². The number of aliphatic hydroxyl groups excluding tert-OH is 1. The lowest BCUT2D eigenvalue weighted by atomic mass is 10.1. The maximum Gasteiger partial charge on any atom is 0.138 e. The highest BCUT2D eigenvalue weighted by Crippen LogP contribution is 2.29. The van der Waals surface area contributed by atoms with Crippen LogP contribution in [0.4, 0.5) is 0 Å². The van der Waals surface area contributed by atoms with Gasteiger partial charge in [-0.15, -0.1) is 0 Å². The molecule has 2 rings (SSSR count). The lowest BCUT2D eigenvalue weighted by molar-refractivity contribution is 0.199. The Morgan fingerprint density at radius 3 is 2.55 bits per heavy atom. The summed E-state index contributed by atoms with van der Waals surface area (Å²) in [6, 6.07) is 12.9. The summed E-state index contributed by atoms with van der Waals surface area (Å²) < 4.78 is 11.0. The van der Waals surface area contributed by atoms with Crippen LogP contribution in [-0.4, -0.2) is 12.2 Å². The molecule has 0 aliphatic rings. The summed E-state index contributed by atoms with van der Waals surface area (Å²) in [5.41, 5.74) is 1.71. The third-order valence-corrected chi connectivity index (χ3v) is 3.31. The largest absolute Gasteiger partial charge is 0.496 e. The molecule has 2 aromatic carbocycles. The van der Waals surface area contributed by atoms with Crippen molar-refractivity contribution in [1.82, 2.24) is 0 Å². The molecule has 106 valence electrons. The quantitative estimate of drug-likeness (QED) is 0.906. The number of para-hydroxylation sites is 1. The Morgan fingerprint density at radius 2 is 1.90 bits per heavy atom. The van der Waals surface area contributed by atoms with Crippen molar-refractivity contribution in [3.8, 4) is 11.5 Å². The third-order valence-electron chi connectivity index (χ3n) is 3.01. The summed E-state index contributed by atoms with van der Waals surface area (Å²) in [5.74, 6) is 1.37. The maximum absolute atomic E-state index is 9.50. The van der Waals surface area contributed by atoms with Crippen LogP contribution in [0.5, 0.6) is 11.5 Å². The van der Waals surface area contributed by atoms with Gasteiger partial charge >= 0.3 is 0 Å². The second-order valence-electron chi connectivity index (χ2n) is 4.47. The zero-order chi connectivity index (χ0) is 14.5. The van der Waals surface area contributed by atoms with Crippen LogP contribution in [0.1, 0.15) is 24.2 Å². The molecule has 0 bridgehead atoms. The predicted octanol–water partition coefficient (Wildman–Crippen LogP) is 3.98. The van der Waals surface area contributed by atoms with Gasteiger partial charge in [-0.2, -0.15) is 0 Å². The molecule has 0 heterocycles. The van der Waals surface area contributed by atoms with Crippen molar-refractivity contribution >= 4 is 11.6 Å². The van der Waals surface area contributed by atoms with Gasteiger partial charge in [-0.1, -0.05) is 35.9 Å². The van der Waals surface area contributed by atoms with Crippen molar-refractivity contribution in [3.63, 3.8) is 0 Å². The van der Waals surface area contributed by atoms with Gasteiger partial charge in [0.1, 0.15) is 18.1 Å². The third kappa shape index (κ3) is 3.44. The topological polar surface area (TPSA) is 38.7 Å². The average Bonchev–Trinajstić information content (AvgIpc) is 2.46. The zero-order valence-corrected chi connectivity index (χ0v) is 12.2. The Balaban J connectivity index is 2.11. The molecular formula is C16H17ClO3. The van der Waals surface area contributed by atoms with Gasteiger partial charge in [-0.3, -0.25) is 0 Å². The van der Waals surface area contributed by atoms with Crippen LogP contribution in [0, 0.1) is 0 Å². The Morgan fingerprint density at radius 1 is 1.15 bits per heavy atom. The van der Waals surface area contributed by atoms with Gasteiger partial charge in [0.05, 0.1) is 18.2 Å². The molecule has 0 spiro atoms. The number of benzene rings is 2. The van der Waals surface area contributed by atoms with E-state index in [2.05, 4.69) is 0 Å². The first-order chi connectivity index (χ1) is 9.61. The molecule has 20 heavy (non-hydrogen) atoms. The van der Waals surface area contributed by atoms with Crippen molar-refractivity contribution in [2.75, 3.05) is 7.11 Å². The van der Waals surface area contributed by atoms with Crippen LogP contribution in [0.3, 0.4) is 0 Å². The lowest BCUT2D eigenvalue weighted by Gasteiger charge is -2.12. The average molecular weight is 293 g/mol. The molecular weight excluding hydrogens is 276 g/mol. The molecule has 1 atom stereocenters. The second kappa shape index (κ2) is 6.64. The number of hydrogen-bond acceptors (Lipinski definition) is 3. The minimum absolute atomic E-state index is 0.373. The van der Waals surface area contributed by atoms with Crippen molar-refractivity contribution in [2.45, 2.75) is 19.6 Å². The lowest BCUT2D eigenvalue weighted by Crippen LogP contribution is -1.99. The molecule has 0 saturated heterocycles. The van der Waals surface area contributed by atoms with E-state index in [-0.39, 0.29) is 0 Å². The second-order valence-corrected chi connectivity index (χ2v) is 4.87. The highest BCUT2D eigenvalue weighted by molar-refractivity contribution is 6.32. The van der Waals surface area contributed by atoms with E-state index in [1.54, 1.807) is 32.2 Å². The summed E-state index contributed by atoms with van der Waals surface area (Å²) in [4.78, 5) is 0. The molecule has 0 fully saturated rings. The summed E-state index contributed by atoms with van der Waals surface area (Å²) in [6.45, 7) is 2.07. The SMILES string of the molecule is COc1ccccc1COc1ccc(C(C)O)cc1Cl. The molecule has 0 aliphatic heterocycles. The molecule has 0 saturated carbocycles. The monoisotopic (exact) mass is 292 g/mol. The Bertz CT molecular complexity index is 582. The van der Waals surface area contributed by atoms with Crippen LogP contribution < -0.4 is 9.47 Å². The van der Waals surface area contributed by atoms with E-state index >= 15 is 0 Å². The smallest absolute Gasteiger partial charge is 0.138 e. The highest BCUT2D eigenvalue weighted by Gasteiger charge is 2.08. The van der Waals surface area contributed by atoms with Crippen molar-refractivity contribution < 1.29 is 14.6 Å². The van der Waals surface area contributed by atoms with Gasteiger partial charge in [0, 0.05) is 5.56 Å². The summed E-state index contributed by atoms with van der Waals surface area (Å²) in [5, 5.41) is 9.98. The number of halogens is 1. The van der Waals surface area contributed by atoms with Crippen molar-refractivity contribution in [2.24, 2.45) is 0 Å². The predicted molar refractivity (Wildman–Crippen MR) is 79.4 cm³/mol. The Hall–Kier alpha value is -1.71. The minimum atomic E-state index is -0.546. The molecule has 0 radical (unpaired) electrons. The maximum atomic E-state index is 9.50. The molecule has 1 N–H and O–H groups in total. The van der Waals surface area contributed by atoms with Crippen molar-refractivity contribution in [3.05, 3.63) is 58.6 Å². The zero-order valence-electron chi connectivity index (χ0n) is 11.5. The number of hydrogen-bond donors (Lipinski definition) is 1. The molecule has 0 aromatic heterocycles. The Labute approximate surface area is 123 Å². The van der Waals surface area contributed by atoms with E-state index in [9.17, 15) is 5.11 Å². The highest BCUT2D eigenvalue weighted by atomic mass is 35.5. The molecule has 3 nitrogen and oxygen atoms in total. The van der Waals surface area contributed by atoms with E-state index in [1.165, 1.54) is 0 Å². The van der Waals surface area contributed by atoms with E-state index < -0.39 is 6.10 Å². The standard InChI is InChI=1S/C16H17ClO3/c1-11(18)12-7-8-16(14(17)9-12)20-10-13-5-3-4-6-15(13)19-2/h3-9,11,18H,10H2,1-2H3. The summed E-state index contributed by atoms with van der Waals surface area (Å²) in [6.07, 6.45) is -0.546. The number of ether oxygens (including phenoxy) is 2. The first kappa shape index (κ1) is 14.7. The van der Waals surface area contributed by atoms with E-state index in [0.29, 0.717) is 17.4 Å². The fraction of sp³-hybridized carbons (Fsp3) is 0.250. The first-order valence-electron chi connectivity index (χ1n) is 6.34. The van der Waals surface area contributed by atoms with Gasteiger partial charge in [0.2, 0.25) is 0 Å². The van der Waals surface area contributed by atoms with Crippen molar-refractivity contribution in [1.29, 1.82) is 0 Å². The van der Waals surface area contributed by atoms with E-state index in [1.807, 2.05) is 24.3 Å². The van der Waals surface area contributed by atoms with Crippen LogP contribution in [0.25, 0.3) is 0 Å². The fourth-order valence-electron chi connectivity index (χ4n) is 1.87. The van der Waals surface area contributed by atoms with Gasteiger partial charge in [0.15, 0.2) is 0 Å². The molecule has 0 amide bonds. The van der Waals surface area contributed by atoms with Crippen LogP contribution in [0.15, 0.2) is 42.5 Å². The van der Waals surface area contributed by atoms with Crippen LogP contribution >= 0.6 is 11.6 Å². The van der Waals surface area contributed by atoms with Gasteiger partial charge in [-0.05, 0) is 30.7 Å². The normalized spacial score (nSPS) is 12.0. The molecule has 0 aliphatic carbocycles. The van der Waals surface area contributed by atoms with Gasteiger partial charge in [-0.25, -0.2) is 0 Å². The van der Waals surface area contributed by atoms with E-state index in [4.69, 9.17) is 21.1 Å². The minimum Gasteiger partial charge on any atom is -0.496 e. The summed E-state index contributed by atoms with van der Waals surface area (Å²) in [7, 11) is 1.63. The first-order valence-corrected chi connectivity index (χ1v) is 6.72.